The van der Waals surface area contributed by atoms with Crippen LogP contribution < -0.4 is 13.7 Å². The summed E-state index contributed by atoms with van der Waals surface area (Å²) in [4.78, 5) is 4.53. The van der Waals surface area contributed by atoms with Gasteiger partial charge in [0.1, 0.15) is 16.4 Å². The molecule has 4 rings (SSSR count). The number of hydrogen-bond donors (Lipinski definition) is 0. The third-order valence-corrected chi connectivity index (χ3v) is 6.48. The first-order valence-electron chi connectivity index (χ1n) is 10.2. The molecule has 172 valence electrons. The highest BCUT2D eigenvalue weighted by Crippen LogP contribution is 2.38. The number of ether oxygens (including phenoxy) is 2. The molecule has 0 bridgehead atoms. The van der Waals surface area contributed by atoms with Crippen LogP contribution >= 0.6 is 15.9 Å². The van der Waals surface area contributed by atoms with Crippen LogP contribution in [-0.4, -0.2) is 21.7 Å². The summed E-state index contributed by atoms with van der Waals surface area (Å²) < 4.78 is 42.2. The van der Waals surface area contributed by atoms with Crippen LogP contribution in [0.1, 0.15) is 5.56 Å². The Morgan fingerprint density at radius 2 is 1.44 bits per heavy atom. The molecule has 0 unspecified atom stereocenters. The van der Waals surface area contributed by atoms with Crippen molar-refractivity contribution in [2.45, 2.75) is 4.90 Å². The third kappa shape index (κ3) is 5.84. The van der Waals surface area contributed by atoms with E-state index >= 15 is 0 Å². The summed E-state index contributed by atoms with van der Waals surface area (Å²) in [6.45, 7) is 0. The molecule has 0 spiro atoms. The van der Waals surface area contributed by atoms with Crippen LogP contribution in [0, 0.1) is 0 Å². The molecule has 0 aromatic heterocycles. The predicted molar refractivity (Wildman–Crippen MR) is 135 cm³/mol. The molecule has 4 aromatic carbocycles. The summed E-state index contributed by atoms with van der Waals surface area (Å²) in [7, 11) is -2.58. The van der Waals surface area contributed by atoms with Crippen LogP contribution in [-0.2, 0) is 10.1 Å². The lowest BCUT2D eigenvalue weighted by Gasteiger charge is -2.13. The molecule has 0 amide bonds. The van der Waals surface area contributed by atoms with Gasteiger partial charge in [-0.05, 0) is 82.2 Å². The van der Waals surface area contributed by atoms with E-state index in [0.717, 1.165) is 11.4 Å². The van der Waals surface area contributed by atoms with Gasteiger partial charge in [0, 0.05) is 6.21 Å². The average Bonchev–Trinajstić information content (AvgIpc) is 2.86. The second-order valence-corrected chi connectivity index (χ2v) is 9.45. The van der Waals surface area contributed by atoms with Gasteiger partial charge in [0.25, 0.3) is 0 Å². The number of methoxy groups -OCH3 is 1. The van der Waals surface area contributed by atoms with E-state index in [1.54, 1.807) is 36.5 Å². The van der Waals surface area contributed by atoms with Crippen LogP contribution in [0.4, 0.5) is 5.69 Å². The number of aliphatic imine (C=N–C) groups is 1. The van der Waals surface area contributed by atoms with Crippen LogP contribution in [0.3, 0.4) is 0 Å². The van der Waals surface area contributed by atoms with Crippen molar-refractivity contribution in [3.8, 4) is 23.0 Å². The van der Waals surface area contributed by atoms with Gasteiger partial charge in [-0.2, -0.15) is 8.42 Å². The summed E-state index contributed by atoms with van der Waals surface area (Å²) in [6.07, 6.45) is 1.65. The first-order chi connectivity index (χ1) is 16.4. The van der Waals surface area contributed by atoms with Gasteiger partial charge in [-0.3, -0.25) is 4.99 Å². The maximum atomic E-state index is 12.6. The van der Waals surface area contributed by atoms with E-state index in [1.165, 1.54) is 19.2 Å². The van der Waals surface area contributed by atoms with Gasteiger partial charge in [0.2, 0.25) is 0 Å². The van der Waals surface area contributed by atoms with Gasteiger partial charge in [0.15, 0.2) is 11.5 Å². The molecule has 4 aromatic rings. The Hall–Kier alpha value is -3.62. The van der Waals surface area contributed by atoms with Crippen molar-refractivity contribution >= 4 is 38.0 Å². The zero-order valence-corrected chi connectivity index (χ0v) is 20.5. The summed E-state index contributed by atoms with van der Waals surface area (Å²) in [5.74, 6) is 1.77. The highest BCUT2D eigenvalue weighted by molar-refractivity contribution is 9.10. The van der Waals surface area contributed by atoms with Gasteiger partial charge >= 0.3 is 10.1 Å². The van der Waals surface area contributed by atoms with Crippen molar-refractivity contribution in [2.75, 3.05) is 7.11 Å². The summed E-state index contributed by atoms with van der Waals surface area (Å²) in [5, 5.41) is 0. The van der Waals surface area contributed by atoms with Crippen LogP contribution in [0.15, 0.2) is 111 Å². The van der Waals surface area contributed by atoms with Gasteiger partial charge in [-0.15, -0.1) is 0 Å². The molecule has 0 aliphatic rings. The molecular weight excluding hydrogens is 518 g/mol. The topological polar surface area (TPSA) is 74.2 Å². The van der Waals surface area contributed by atoms with E-state index in [0.29, 0.717) is 15.8 Å². The Labute approximate surface area is 206 Å². The molecule has 6 nitrogen and oxygen atoms in total. The zero-order valence-electron chi connectivity index (χ0n) is 18.1. The number of nitrogens with zero attached hydrogens (tertiary/aromatic N) is 1. The molecule has 0 radical (unpaired) electrons. The monoisotopic (exact) mass is 537 g/mol. The minimum Gasteiger partial charge on any atom is -0.493 e. The second-order valence-electron chi connectivity index (χ2n) is 7.05. The number of halogens is 1. The molecule has 0 fully saturated rings. The first-order valence-corrected chi connectivity index (χ1v) is 12.4. The van der Waals surface area contributed by atoms with Crippen molar-refractivity contribution in [3.05, 3.63) is 107 Å². The Balaban J connectivity index is 1.51. The number of para-hydroxylation sites is 1. The van der Waals surface area contributed by atoms with Gasteiger partial charge in [0.05, 0.1) is 17.3 Å². The normalized spacial score (nSPS) is 11.4. The predicted octanol–water partition coefficient (Wildman–Crippen LogP) is 6.77. The van der Waals surface area contributed by atoms with Crippen LogP contribution in [0.2, 0.25) is 0 Å². The van der Waals surface area contributed by atoms with Crippen LogP contribution in [0.5, 0.6) is 23.0 Å². The molecule has 34 heavy (non-hydrogen) atoms. The Bertz CT molecular complexity index is 1390. The maximum absolute atomic E-state index is 12.6. The van der Waals surface area contributed by atoms with Crippen molar-refractivity contribution in [1.82, 2.24) is 0 Å². The molecule has 8 heteroatoms. The largest absolute Gasteiger partial charge is 0.493 e. The highest BCUT2D eigenvalue weighted by Gasteiger charge is 2.21. The number of hydrogen-bond acceptors (Lipinski definition) is 6. The Morgan fingerprint density at radius 3 is 2.09 bits per heavy atom. The molecule has 0 saturated heterocycles. The minimum atomic E-state index is -4.02. The third-order valence-electron chi connectivity index (χ3n) is 4.66. The van der Waals surface area contributed by atoms with Gasteiger partial charge < -0.3 is 13.7 Å². The molecule has 0 saturated carbocycles. The summed E-state index contributed by atoms with van der Waals surface area (Å²) in [5.41, 5.74) is 1.42. The number of benzene rings is 4. The van der Waals surface area contributed by atoms with Crippen molar-refractivity contribution < 1.29 is 22.1 Å². The lowest BCUT2D eigenvalue weighted by molar-refractivity contribution is 0.389. The lowest BCUT2D eigenvalue weighted by atomic mass is 10.2. The second kappa shape index (κ2) is 10.5. The van der Waals surface area contributed by atoms with E-state index < -0.39 is 10.1 Å². The quantitative estimate of drug-likeness (QED) is 0.183. The van der Waals surface area contributed by atoms with Crippen molar-refractivity contribution in [2.24, 2.45) is 4.99 Å². The van der Waals surface area contributed by atoms with Gasteiger partial charge in [-0.1, -0.05) is 36.4 Å². The fourth-order valence-electron chi connectivity index (χ4n) is 3.01. The molecule has 0 aliphatic carbocycles. The molecular formula is C26H20BrNO5S. The van der Waals surface area contributed by atoms with Crippen molar-refractivity contribution in [1.29, 1.82) is 0 Å². The fourth-order valence-corrected chi connectivity index (χ4v) is 4.64. The smallest absolute Gasteiger partial charge is 0.339 e. The standard InChI is InChI=1S/C26H20BrNO5S/c1-31-25-17-19(16-24(27)26(25)33-34(29,30)23-10-6-3-7-11-23)18-28-20-12-14-22(15-13-20)32-21-8-4-2-5-9-21/h2-18H,1H3. The zero-order chi connectivity index (χ0) is 24.0. The van der Waals surface area contributed by atoms with E-state index in [2.05, 4.69) is 20.9 Å². The van der Waals surface area contributed by atoms with E-state index in [1.807, 2.05) is 54.6 Å². The van der Waals surface area contributed by atoms with E-state index in [-0.39, 0.29) is 16.4 Å². The summed E-state index contributed by atoms with van der Waals surface area (Å²) in [6, 6.07) is 28.1. The maximum Gasteiger partial charge on any atom is 0.339 e. The minimum absolute atomic E-state index is 0.0503. The van der Waals surface area contributed by atoms with E-state index in [4.69, 9.17) is 13.7 Å². The van der Waals surface area contributed by atoms with Crippen molar-refractivity contribution in [3.63, 3.8) is 0 Å². The first kappa shape index (κ1) is 23.5. The molecule has 0 aliphatic heterocycles. The molecule has 0 N–H and O–H groups in total. The highest BCUT2D eigenvalue weighted by atomic mass is 79.9. The Kier molecular flexibility index (Phi) is 7.30. The average molecular weight is 538 g/mol. The summed E-state index contributed by atoms with van der Waals surface area (Å²) >= 11 is 3.38. The lowest BCUT2D eigenvalue weighted by Crippen LogP contribution is -2.11. The van der Waals surface area contributed by atoms with Gasteiger partial charge in [-0.25, -0.2) is 0 Å². The molecule has 0 heterocycles. The number of rotatable bonds is 8. The SMILES string of the molecule is COc1cc(C=Nc2ccc(Oc3ccccc3)cc2)cc(Br)c1OS(=O)(=O)c1ccccc1. The van der Waals surface area contributed by atoms with Crippen LogP contribution in [0.25, 0.3) is 0 Å². The molecule has 0 atom stereocenters. The Morgan fingerprint density at radius 1 is 0.824 bits per heavy atom. The fraction of sp³-hybridized carbons (Fsp3) is 0.0385. The van der Waals surface area contributed by atoms with E-state index in [9.17, 15) is 8.42 Å².